The molecule has 1 unspecified atom stereocenters. The van der Waals surface area contributed by atoms with Crippen LogP contribution < -0.4 is 11.1 Å². The molecular weight excluding hydrogens is 268 g/mol. The summed E-state index contributed by atoms with van der Waals surface area (Å²) in [5, 5.41) is 5.15. The van der Waals surface area contributed by atoms with E-state index in [9.17, 15) is 4.79 Å². The molecule has 1 saturated carbocycles. The van der Waals surface area contributed by atoms with Crippen LogP contribution >= 0.6 is 23.7 Å². The summed E-state index contributed by atoms with van der Waals surface area (Å²) in [5.74, 6) is 0.110. The molecule has 18 heavy (non-hydrogen) atoms. The fourth-order valence-electron chi connectivity index (χ4n) is 2.26. The molecule has 102 valence electrons. The van der Waals surface area contributed by atoms with Gasteiger partial charge in [-0.1, -0.05) is 6.07 Å². The molecule has 0 saturated heterocycles. The maximum Gasteiger partial charge on any atom is 0.228 e. The van der Waals surface area contributed by atoms with Crippen molar-refractivity contribution in [3.05, 3.63) is 22.4 Å². The number of hydrogen-bond acceptors (Lipinski definition) is 3. The number of halogens is 1. The van der Waals surface area contributed by atoms with Gasteiger partial charge >= 0.3 is 0 Å². The Morgan fingerprint density at radius 1 is 1.44 bits per heavy atom. The summed E-state index contributed by atoms with van der Waals surface area (Å²) < 4.78 is 0. The Labute approximate surface area is 119 Å². The minimum absolute atomic E-state index is 0. The van der Waals surface area contributed by atoms with E-state index < -0.39 is 0 Å². The van der Waals surface area contributed by atoms with E-state index in [0.29, 0.717) is 12.1 Å². The zero-order valence-corrected chi connectivity index (χ0v) is 12.2. The molecule has 1 aliphatic rings. The van der Waals surface area contributed by atoms with Crippen LogP contribution in [0.4, 0.5) is 0 Å². The molecule has 2 rings (SSSR count). The lowest BCUT2D eigenvalue weighted by atomic mass is 9.91. The average Bonchev–Trinajstić information content (AvgIpc) is 2.84. The highest BCUT2D eigenvalue weighted by Crippen LogP contribution is 2.22. The third kappa shape index (κ3) is 3.97. The number of amides is 1. The van der Waals surface area contributed by atoms with Crippen molar-refractivity contribution >= 4 is 29.7 Å². The SMILES string of the molecule is CC(C(=O)NC1CCC(N)CC1)c1cccs1.Cl. The summed E-state index contributed by atoms with van der Waals surface area (Å²) in [6.45, 7) is 1.97. The fourth-order valence-corrected chi connectivity index (χ4v) is 3.04. The first-order valence-electron chi connectivity index (χ1n) is 6.26. The number of carbonyl (C=O) groups is 1. The van der Waals surface area contributed by atoms with E-state index in [-0.39, 0.29) is 24.2 Å². The lowest BCUT2D eigenvalue weighted by Crippen LogP contribution is -2.41. The predicted molar refractivity (Wildman–Crippen MR) is 78.4 cm³/mol. The Bertz CT molecular complexity index is 361. The summed E-state index contributed by atoms with van der Waals surface area (Å²) in [6.07, 6.45) is 4.09. The molecule has 5 heteroatoms. The lowest BCUT2D eigenvalue weighted by molar-refractivity contribution is -0.123. The molecule has 3 N–H and O–H groups in total. The van der Waals surface area contributed by atoms with Crippen molar-refractivity contribution in [2.24, 2.45) is 5.73 Å². The Morgan fingerprint density at radius 3 is 2.67 bits per heavy atom. The van der Waals surface area contributed by atoms with Gasteiger partial charge in [0.05, 0.1) is 5.92 Å². The van der Waals surface area contributed by atoms with Crippen molar-refractivity contribution in [2.45, 2.75) is 50.6 Å². The second-order valence-corrected chi connectivity index (χ2v) is 5.84. The molecule has 1 aromatic heterocycles. The summed E-state index contributed by atoms with van der Waals surface area (Å²) in [5.41, 5.74) is 5.85. The van der Waals surface area contributed by atoms with Gasteiger partial charge in [-0.2, -0.15) is 0 Å². The average molecular weight is 289 g/mol. The zero-order valence-electron chi connectivity index (χ0n) is 10.6. The number of nitrogens with two attached hydrogens (primary N) is 1. The maximum atomic E-state index is 12.1. The highest BCUT2D eigenvalue weighted by molar-refractivity contribution is 7.10. The van der Waals surface area contributed by atoms with Gasteiger partial charge in [0.1, 0.15) is 0 Å². The summed E-state index contributed by atoms with van der Waals surface area (Å²) in [6, 6.07) is 4.66. The van der Waals surface area contributed by atoms with Crippen LogP contribution in [0.5, 0.6) is 0 Å². The van der Waals surface area contributed by atoms with Crippen LogP contribution in [0.1, 0.15) is 43.4 Å². The monoisotopic (exact) mass is 288 g/mol. The van der Waals surface area contributed by atoms with E-state index in [1.807, 2.05) is 24.4 Å². The molecular formula is C13H21ClN2OS. The highest BCUT2D eigenvalue weighted by Gasteiger charge is 2.23. The van der Waals surface area contributed by atoms with Crippen LogP contribution in [0, 0.1) is 0 Å². The summed E-state index contributed by atoms with van der Waals surface area (Å²) >= 11 is 1.64. The van der Waals surface area contributed by atoms with Gasteiger partial charge in [-0.3, -0.25) is 4.79 Å². The maximum absolute atomic E-state index is 12.1. The summed E-state index contributed by atoms with van der Waals surface area (Å²) in [7, 11) is 0. The third-order valence-electron chi connectivity index (χ3n) is 3.48. The van der Waals surface area contributed by atoms with Crippen molar-refractivity contribution in [3.8, 4) is 0 Å². The Balaban J connectivity index is 0.00000162. The largest absolute Gasteiger partial charge is 0.353 e. The molecule has 0 bridgehead atoms. The van der Waals surface area contributed by atoms with Gasteiger partial charge in [0.2, 0.25) is 5.91 Å². The van der Waals surface area contributed by atoms with Gasteiger partial charge in [-0.05, 0) is 44.1 Å². The molecule has 0 aliphatic heterocycles. The van der Waals surface area contributed by atoms with Gasteiger partial charge in [-0.25, -0.2) is 0 Å². The molecule has 1 heterocycles. The van der Waals surface area contributed by atoms with Gasteiger partial charge in [0.25, 0.3) is 0 Å². The molecule has 0 aromatic carbocycles. The molecule has 0 radical (unpaired) electrons. The van der Waals surface area contributed by atoms with Crippen molar-refractivity contribution < 1.29 is 4.79 Å². The van der Waals surface area contributed by atoms with Crippen LogP contribution in [-0.4, -0.2) is 18.0 Å². The van der Waals surface area contributed by atoms with Gasteiger partial charge in [0, 0.05) is 17.0 Å². The van der Waals surface area contributed by atoms with Crippen molar-refractivity contribution in [2.75, 3.05) is 0 Å². The minimum Gasteiger partial charge on any atom is -0.353 e. The smallest absolute Gasteiger partial charge is 0.228 e. The Kier molecular flexibility index (Phi) is 6.12. The van der Waals surface area contributed by atoms with Gasteiger partial charge in [-0.15, -0.1) is 23.7 Å². The molecule has 0 spiro atoms. The van der Waals surface area contributed by atoms with E-state index in [2.05, 4.69) is 5.32 Å². The Hall–Kier alpha value is -0.580. The third-order valence-corrected chi connectivity index (χ3v) is 4.54. The number of thiophene rings is 1. The summed E-state index contributed by atoms with van der Waals surface area (Å²) in [4.78, 5) is 13.2. The first kappa shape index (κ1) is 15.5. The molecule has 1 atom stereocenters. The van der Waals surface area contributed by atoms with Crippen LogP contribution in [-0.2, 0) is 4.79 Å². The van der Waals surface area contributed by atoms with E-state index in [4.69, 9.17) is 5.73 Å². The molecule has 1 amide bonds. The Morgan fingerprint density at radius 2 is 2.11 bits per heavy atom. The normalized spacial score (nSPS) is 25.0. The second kappa shape index (κ2) is 7.12. The number of hydrogen-bond donors (Lipinski definition) is 2. The first-order valence-corrected chi connectivity index (χ1v) is 7.14. The molecule has 3 nitrogen and oxygen atoms in total. The number of rotatable bonds is 3. The first-order chi connectivity index (χ1) is 8.16. The van der Waals surface area contributed by atoms with Crippen LogP contribution in [0.2, 0.25) is 0 Å². The van der Waals surface area contributed by atoms with Crippen molar-refractivity contribution in [3.63, 3.8) is 0 Å². The molecule has 1 aliphatic carbocycles. The van der Waals surface area contributed by atoms with Crippen LogP contribution in [0.15, 0.2) is 17.5 Å². The van der Waals surface area contributed by atoms with Crippen LogP contribution in [0.25, 0.3) is 0 Å². The quantitative estimate of drug-likeness (QED) is 0.898. The van der Waals surface area contributed by atoms with E-state index in [1.54, 1.807) is 11.3 Å². The molecule has 1 fully saturated rings. The lowest BCUT2D eigenvalue weighted by Gasteiger charge is -2.27. The standard InChI is InChI=1S/C13H20N2OS.ClH/c1-9(12-3-2-8-17-12)13(16)15-11-6-4-10(14)5-7-11;/h2-3,8-11H,4-7,14H2,1H3,(H,15,16);1H. The highest BCUT2D eigenvalue weighted by atomic mass is 35.5. The van der Waals surface area contributed by atoms with Gasteiger partial charge < -0.3 is 11.1 Å². The topological polar surface area (TPSA) is 55.1 Å². The van der Waals surface area contributed by atoms with E-state index >= 15 is 0 Å². The number of nitrogens with one attached hydrogen (secondary N) is 1. The van der Waals surface area contributed by atoms with Crippen molar-refractivity contribution in [1.82, 2.24) is 5.32 Å². The number of carbonyl (C=O) groups excluding carboxylic acids is 1. The zero-order chi connectivity index (χ0) is 12.3. The van der Waals surface area contributed by atoms with E-state index in [1.165, 1.54) is 0 Å². The predicted octanol–water partition coefficient (Wildman–Crippen LogP) is 2.66. The van der Waals surface area contributed by atoms with Crippen LogP contribution in [0.3, 0.4) is 0 Å². The van der Waals surface area contributed by atoms with Gasteiger partial charge in [0.15, 0.2) is 0 Å². The molecule has 1 aromatic rings. The fraction of sp³-hybridized carbons (Fsp3) is 0.615. The second-order valence-electron chi connectivity index (χ2n) is 4.86. The minimum atomic E-state index is -0.0365. The van der Waals surface area contributed by atoms with E-state index in [0.717, 1.165) is 30.6 Å². The van der Waals surface area contributed by atoms with Crippen molar-refractivity contribution in [1.29, 1.82) is 0 Å².